The first-order valence-electron chi connectivity index (χ1n) is 9.70. The molecule has 0 bridgehead atoms. The van der Waals surface area contributed by atoms with Crippen LogP contribution in [0.3, 0.4) is 0 Å². The lowest BCUT2D eigenvalue weighted by Crippen LogP contribution is -2.28. The summed E-state index contributed by atoms with van der Waals surface area (Å²) in [6, 6.07) is 15.9. The normalized spacial score (nSPS) is 17.1. The van der Waals surface area contributed by atoms with Crippen molar-refractivity contribution >= 4 is 35.0 Å². The van der Waals surface area contributed by atoms with E-state index < -0.39 is 0 Å². The molecule has 1 aliphatic heterocycles. The van der Waals surface area contributed by atoms with E-state index in [2.05, 4.69) is 18.3 Å². The van der Waals surface area contributed by atoms with Crippen molar-refractivity contribution in [2.24, 2.45) is 5.41 Å². The van der Waals surface area contributed by atoms with Crippen LogP contribution in [-0.2, 0) is 16.0 Å². The highest BCUT2D eigenvalue weighted by atomic mass is 32.2. The summed E-state index contributed by atoms with van der Waals surface area (Å²) in [6.07, 6.45) is 1.34. The van der Waals surface area contributed by atoms with Crippen LogP contribution in [0.15, 0.2) is 48.5 Å². The molecule has 1 N–H and O–H groups in total. The molecule has 1 fully saturated rings. The lowest BCUT2D eigenvalue weighted by Gasteiger charge is -2.27. The van der Waals surface area contributed by atoms with Crippen molar-refractivity contribution in [2.45, 2.75) is 45.9 Å². The minimum atomic E-state index is -0.0836. The zero-order chi connectivity index (χ0) is 20.3. The number of thioether (sulfide) groups is 1. The second-order valence-corrected chi connectivity index (χ2v) is 9.39. The molecule has 1 aliphatic rings. The van der Waals surface area contributed by atoms with Gasteiger partial charge in [0, 0.05) is 17.8 Å². The first kappa shape index (κ1) is 20.5. The highest BCUT2D eigenvalue weighted by Crippen LogP contribution is 2.43. The van der Waals surface area contributed by atoms with E-state index in [4.69, 9.17) is 0 Å². The second kappa shape index (κ2) is 8.39. The Morgan fingerprint density at radius 3 is 2.64 bits per heavy atom. The maximum absolute atomic E-state index is 12.7. The molecule has 2 amide bonds. The second-order valence-electron chi connectivity index (χ2n) is 8.32. The van der Waals surface area contributed by atoms with Gasteiger partial charge in [0.25, 0.3) is 0 Å². The van der Waals surface area contributed by atoms with Gasteiger partial charge in [-0.3, -0.25) is 14.5 Å². The largest absolute Gasteiger partial charge is 0.326 e. The maximum Gasteiger partial charge on any atom is 0.238 e. The number of nitrogens with zero attached hydrogens (tertiary/aromatic N) is 1. The summed E-state index contributed by atoms with van der Waals surface area (Å²) in [5, 5.41) is 2.92. The molecule has 1 unspecified atom stereocenters. The van der Waals surface area contributed by atoms with Crippen LogP contribution in [0.25, 0.3) is 0 Å². The third-order valence-electron chi connectivity index (χ3n) is 4.65. The molecular weight excluding hydrogens is 368 g/mol. The minimum absolute atomic E-state index is 0.00739. The number of carbonyl (C=O) groups is 2. The molecule has 0 saturated carbocycles. The Hall–Kier alpha value is -2.27. The Balaban J connectivity index is 1.86. The van der Waals surface area contributed by atoms with Crippen molar-refractivity contribution in [2.75, 3.05) is 16.0 Å². The van der Waals surface area contributed by atoms with Crippen LogP contribution >= 0.6 is 11.8 Å². The molecule has 1 atom stereocenters. The molecule has 1 saturated heterocycles. The van der Waals surface area contributed by atoms with E-state index in [-0.39, 0.29) is 22.6 Å². The SMILES string of the molecule is CCc1ccccc1N1C(=O)CSC1c1cccc(NC(=O)CC(C)(C)C)c1. The van der Waals surface area contributed by atoms with E-state index in [0.717, 1.165) is 28.9 Å². The molecule has 0 radical (unpaired) electrons. The van der Waals surface area contributed by atoms with Gasteiger partial charge in [-0.15, -0.1) is 11.8 Å². The van der Waals surface area contributed by atoms with Crippen LogP contribution in [0.2, 0.25) is 0 Å². The number of anilines is 2. The molecule has 28 heavy (non-hydrogen) atoms. The van der Waals surface area contributed by atoms with Gasteiger partial charge in [0.15, 0.2) is 0 Å². The number of hydrogen-bond acceptors (Lipinski definition) is 3. The first-order chi connectivity index (χ1) is 13.3. The molecule has 0 aliphatic carbocycles. The Kier molecular flexibility index (Phi) is 6.14. The van der Waals surface area contributed by atoms with E-state index in [0.29, 0.717) is 12.2 Å². The van der Waals surface area contributed by atoms with Crippen LogP contribution in [0.5, 0.6) is 0 Å². The van der Waals surface area contributed by atoms with Gasteiger partial charge in [0.2, 0.25) is 11.8 Å². The van der Waals surface area contributed by atoms with Crippen LogP contribution in [0, 0.1) is 5.41 Å². The smallest absolute Gasteiger partial charge is 0.238 e. The average Bonchev–Trinajstić information content (AvgIpc) is 3.01. The summed E-state index contributed by atoms with van der Waals surface area (Å²) < 4.78 is 0. The van der Waals surface area contributed by atoms with Crippen molar-refractivity contribution in [3.05, 3.63) is 59.7 Å². The van der Waals surface area contributed by atoms with Gasteiger partial charge in [-0.05, 0) is 41.2 Å². The van der Waals surface area contributed by atoms with E-state index in [1.54, 1.807) is 11.8 Å². The van der Waals surface area contributed by atoms with Gasteiger partial charge < -0.3 is 5.32 Å². The monoisotopic (exact) mass is 396 g/mol. The molecule has 2 aromatic carbocycles. The molecule has 5 heteroatoms. The number of hydrogen-bond donors (Lipinski definition) is 1. The summed E-state index contributed by atoms with van der Waals surface area (Å²) in [5.41, 5.74) is 3.88. The third kappa shape index (κ3) is 4.76. The standard InChI is InChI=1S/C23H28N2O2S/c1-5-16-9-6-7-12-19(16)25-21(27)15-28-22(25)17-10-8-11-18(13-17)24-20(26)14-23(2,3)4/h6-13,22H,5,14-15H2,1-4H3,(H,24,26). The predicted octanol–water partition coefficient (Wildman–Crippen LogP) is 5.40. The molecule has 3 rings (SSSR count). The number of carbonyl (C=O) groups excluding carboxylic acids is 2. The Morgan fingerprint density at radius 1 is 1.18 bits per heavy atom. The highest BCUT2D eigenvalue weighted by molar-refractivity contribution is 8.00. The van der Waals surface area contributed by atoms with Crippen molar-refractivity contribution in [1.82, 2.24) is 0 Å². The molecular formula is C23H28N2O2S. The zero-order valence-electron chi connectivity index (χ0n) is 17.0. The van der Waals surface area contributed by atoms with Gasteiger partial charge in [0.05, 0.1) is 5.75 Å². The van der Waals surface area contributed by atoms with Crippen molar-refractivity contribution in [3.8, 4) is 0 Å². The van der Waals surface area contributed by atoms with Crippen LogP contribution in [0.1, 0.15) is 50.6 Å². The molecule has 0 spiro atoms. The number of amides is 2. The number of para-hydroxylation sites is 1. The fourth-order valence-corrected chi connectivity index (χ4v) is 4.59. The van der Waals surface area contributed by atoms with Crippen LogP contribution in [-0.4, -0.2) is 17.6 Å². The summed E-state index contributed by atoms with van der Waals surface area (Å²) in [5.74, 6) is 0.592. The Labute approximate surface area is 171 Å². The van der Waals surface area contributed by atoms with Crippen molar-refractivity contribution in [1.29, 1.82) is 0 Å². The van der Waals surface area contributed by atoms with E-state index in [1.807, 2.05) is 68.1 Å². The summed E-state index contributed by atoms with van der Waals surface area (Å²) in [4.78, 5) is 26.9. The topological polar surface area (TPSA) is 49.4 Å². The molecule has 2 aromatic rings. The van der Waals surface area contributed by atoms with Crippen molar-refractivity contribution < 1.29 is 9.59 Å². The number of benzene rings is 2. The zero-order valence-corrected chi connectivity index (χ0v) is 17.8. The Bertz CT molecular complexity index is 873. The third-order valence-corrected chi connectivity index (χ3v) is 5.86. The summed E-state index contributed by atoms with van der Waals surface area (Å²) >= 11 is 1.63. The first-order valence-corrected chi connectivity index (χ1v) is 10.7. The lowest BCUT2D eigenvalue weighted by atomic mass is 9.92. The van der Waals surface area contributed by atoms with E-state index >= 15 is 0 Å². The van der Waals surface area contributed by atoms with E-state index in [1.165, 1.54) is 0 Å². The maximum atomic E-state index is 12.7. The molecule has 4 nitrogen and oxygen atoms in total. The fourth-order valence-electron chi connectivity index (χ4n) is 3.43. The van der Waals surface area contributed by atoms with E-state index in [9.17, 15) is 9.59 Å². The van der Waals surface area contributed by atoms with Gasteiger partial charge in [-0.1, -0.05) is 58.0 Å². The van der Waals surface area contributed by atoms with Gasteiger partial charge in [-0.2, -0.15) is 0 Å². The molecule has 1 heterocycles. The number of rotatable bonds is 5. The van der Waals surface area contributed by atoms with Crippen LogP contribution < -0.4 is 10.2 Å². The minimum Gasteiger partial charge on any atom is -0.326 e. The van der Waals surface area contributed by atoms with Crippen molar-refractivity contribution in [3.63, 3.8) is 0 Å². The number of nitrogens with one attached hydrogen (secondary N) is 1. The Morgan fingerprint density at radius 2 is 1.93 bits per heavy atom. The summed E-state index contributed by atoms with van der Waals surface area (Å²) in [6.45, 7) is 8.25. The fraction of sp³-hybridized carbons (Fsp3) is 0.391. The van der Waals surface area contributed by atoms with Gasteiger partial charge in [-0.25, -0.2) is 0 Å². The lowest BCUT2D eigenvalue weighted by molar-refractivity contribution is -0.118. The quantitative estimate of drug-likeness (QED) is 0.736. The average molecular weight is 397 g/mol. The highest BCUT2D eigenvalue weighted by Gasteiger charge is 2.35. The number of aryl methyl sites for hydroxylation is 1. The molecule has 148 valence electrons. The predicted molar refractivity (Wildman–Crippen MR) is 118 cm³/mol. The van der Waals surface area contributed by atoms with Gasteiger partial charge in [0.1, 0.15) is 5.37 Å². The molecule has 0 aromatic heterocycles. The van der Waals surface area contributed by atoms with Crippen LogP contribution in [0.4, 0.5) is 11.4 Å². The van der Waals surface area contributed by atoms with Gasteiger partial charge >= 0.3 is 0 Å². The summed E-state index contributed by atoms with van der Waals surface area (Å²) in [7, 11) is 0.